The number of aromatic nitrogens is 1. The standard InChI is InChI=1S/C24H22N2O2S/c1-15(2)16-10-12-18(13-11-16)23-21(14-22(27)28)29-24(26-23)25-20-9-5-7-17-6-3-4-8-19(17)20/h3-13,15H,14H2,1-2H3,(H,25,26)(H,27,28). The Labute approximate surface area is 173 Å². The fourth-order valence-electron chi connectivity index (χ4n) is 3.36. The van der Waals surface area contributed by atoms with E-state index in [9.17, 15) is 9.90 Å². The molecule has 0 spiro atoms. The number of rotatable bonds is 6. The number of nitrogens with one attached hydrogen (secondary N) is 1. The van der Waals surface area contributed by atoms with Gasteiger partial charge in [0.25, 0.3) is 0 Å². The second-order valence-corrected chi connectivity index (χ2v) is 8.37. The molecule has 29 heavy (non-hydrogen) atoms. The molecule has 3 aromatic carbocycles. The van der Waals surface area contributed by atoms with Gasteiger partial charge in [0.2, 0.25) is 0 Å². The topological polar surface area (TPSA) is 62.2 Å². The average Bonchev–Trinajstić information content (AvgIpc) is 3.10. The Morgan fingerprint density at radius 3 is 2.48 bits per heavy atom. The first-order chi connectivity index (χ1) is 14.0. The maximum Gasteiger partial charge on any atom is 0.308 e. The molecule has 1 aromatic heterocycles. The highest BCUT2D eigenvalue weighted by Crippen LogP contribution is 2.35. The van der Waals surface area contributed by atoms with E-state index in [4.69, 9.17) is 4.98 Å². The molecule has 0 saturated carbocycles. The number of carboxylic acid groups (broad SMARTS) is 1. The Balaban J connectivity index is 1.72. The normalized spacial score (nSPS) is 11.1. The third kappa shape index (κ3) is 4.15. The number of thiazole rings is 1. The predicted molar refractivity (Wildman–Crippen MR) is 120 cm³/mol. The molecule has 0 atom stereocenters. The summed E-state index contributed by atoms with van der Waals surface area (Å²) in [5.41, 5.74) is 3.88. The second kappa shape index (κ2) is 8.05. The number of hydrogen-bond acceptors (Lipinski definition) is 4. The van der Waals surface area contributed by atoms with E-state index in [0.29, 0.717) is 11.0 Å². The lowest BCUT2D eigenvalue weighted by Crippen LogP contribution is -1.99. The summed E-state index contributed by atoms with van der Waals surface area (Å²) in [7, 11) is 0. The predicted octanol–water partition coefficient (Wildman–Crippen LogP) is 6.46. The largest absolute Gasteiger partial charge is 0.481 e. The minimum absolute atomic E-state index is 0.0455. The van der Waals surface area contributed by atoms with Crippen molar-refractivity contribution in [3.8, 4) is 11.3 Å². The van der Waals surface area contributed by atoms with E-state index in [1.165, 1.54) is 16.9 Å². The molecule has 0 aliphatic rings. The van der Waals surface area contributed by atoms with Crippen LogP contribution in [0.2, 0.25) is 0 Å². The Morgan fingerprint density at radius 1 is 1.03 bits per heavy atom. The Morgan fingerprint density at radius 2 is 1.76 bits per heavy atom. The quantitative estimate of drug-likeness (QED) is 0.389. The highest BCUT2D eigenvalue weighted by atomic mass is 32.1. The van der Waals surface area contributed by atoms with Crippen LogP contribution in [0.15, 0.2) is 66.7 Å². The van der Waals surface area contributed by atoms with Crippen molar-refractivity contribution in [2.75, 3.05) is 5.32 Å². The van der Waals surface area contributed by atoms with Crippen molar-refractivity contribution in [3.05, 3.63) is 77.2 Å². The molecule has 5 heteroatoms. The fraction of sp³-hybridized carbons (Fsp3) is 0.167. The van der Waals surface area contributed by atoms with Gasteiger partial charge in [0.15, 0.2) is 5.13 Å². The molecule has 4 nitrogen and oxygen atoms in total. The van der Waals surface area contributed by atoms with E-state index in [1.54, 1.807) is 0 Å². The number of hydrogen-bond donors (Lipinski definition) is 2. The van der Waals surface area contributed by atoms with E-state index in [-0.39, 0.29) is 6.42 Å². The van der Waals surface area contributed by atoms with Crippen molar-refractivity contribution in [2.45, 2.75) is 26.2 Å². The van der Waals surface area contributed by atoms with Crippen LogP contribution < -0.4 is 5.32 Å². The summed E-state index contributed by atoms with van der Waals surface area (Å²) in [6, 6.07) is 22.5. The molecule has 0 amide bonds. The lowest BCUT2D eigenvalue weighted by molar-refractivity contribution is -0.136. The SMILES string of the molecule is CC(C)c1ccc(-c2nc(Nc3cccc4ccccc34)sc2CC(=O)O)cc1. The zero-order valence-corrected chi connectivity index (χ0v) is 17.2. The number of aliphatic carboxylic acids is 1. The van der Waals surface area contributed by atoms with Crippen LogP contribution in [0.25, 0.3) is 22.0 Å². The van der Waals surface area contributed by atoms with E-state index < -0.39 is 5.97 Å². The summed E-state index contributed by atoms with van der Waals surface area (Å²) < 4.78 is 0. The molecule has 4 rings (SSSR count). The molecule has 4 aromatic rings. The highest BCUT2D eigenvalue weighted by molar-refractivity contribution is 7.16. The van der Waals surface area contributed by atoms with Crippen LogP contribution in [0.4, 0.5) is 10.8 Å². The van der Waals surface area contributed by atoms with Crippen molar-refractivity contribution in [2.24, 2.45) is 0 Å². The summed E-state index contributed by atoms with van der Waals surface area (Å²) in [6.45, 7) is 4.31. The molecule has 2 N–H and O–H groups in total. The van der Waals surface area contributed by atoms with E-state index in [2.05, 4.69) is 49.5 Å². The Hall–Kier alpha value is -3.18. The number of carbonyl (C=O) groups is 1. The molecule has 0 aliphatic heterocycles. The van der Waals surface area contributed by atoms with E-state index in [1.807, 2.05) is 36.4 Å². The van der Waals surface area contributed by atoms with Crippen molar-refractivity contribution >= 4 is 38.9 Å². The summed E-state index contributed by atoms with van der Waals surface area (Å²) in [4.78, 5) is 16.9. The minimum Gasteiger partial charge on any atom is -0.481 e. The van der Waals surface area contributed by atoms with E-state index in [0.717, 1.165) is 32.6 Å². The molecule has 0 bridgehead atoms. The summed E-state index contributed by atoms with van der Waals surface area (Å²) in [5.74, 6) is -0.410. The van der Waals surface area contributed by atoms with Crippen molar-refractivity contribution in [1.82, 2.24) is 4.98 Å². The van der Waals surface area contributed by atoms with Crippen molar-refractivity contribution in [1.29, 1.82) is 0 Å². The number of fused-ring (bicyclic) bond motifs is 1. The second-order valence-electron chi connectivity index (χ2n) is 7.29. The van der Waals surface area contributed by atoms with Crippen LogP contribution in [-0.4, -0.2) is 16.1 Å². The molecule has 0 unspecified atom stereocenters. The van der Waals surface area contributed by atoms with Gasteiger partial charge in [-0.1, -0.05) is 74.5 Å². The first-order valence-corrected chi connectivity index (χ1v) is 10.4. The molecule has 0 fully saturated rings. The average molecular weight is 403 g/mol. The maximum absolute atomic E-state index is 11.4. The fourth-order valence-corrected chi connectivity index (χ4v) is 4.35. The van der Waals surface area contributed by atoms with Gasteiger partial charge < -0.3 is 10.4 Å². The number of benzene rings is 3. The van der Waals surface area contributed by atoms with Gasteiger partial charge in [0.05, 0.1) is 12.1 Å². The zero-order valence-electron chi connectivity index (χ0n) is 16.3. The first kappa shape index (κ1) is 19.2. The van der Waals surface area contributed by atoms with Crippen LogP contribution >= 0.6 is 11.3 Å². The Kier molecular flexibility index (Phi) is 5.32. The summed E-state index contributed by atoms with van der Waals surface area (Å²) in [6.07, 6.45) is -0.0455. The van der Waals surface area contributed by atoms with Gasteiger partial charge in [-0.25, -0.2) is 4.98 Å². The van der Waals surface area contributed by atoms with E-state index >= 15 is 0 Å². The van der Waals surface area contributed by atoms with Crippen LogP contribution in [0, 0.1) is 0 Å². The van der Waals surface area contributed by atoms with Gasteiger partial charge in [-0.3, -0.25) is 4.79 Å². The monoisotopic (exact) mass is 402 g/mol. The molecule has 1 heterocycles. The van der Waals surface area contributed by atoms with Gasteiger partial charge in [-0.2, -0.15) is 0 Å². The molecule has 0 saturated heterocycles. The van der Waals surface area contributed by atoms with Crippen LogP contribution in [0.3, 0.4) is 0 Å². The number of nitrogens with zero attached hydrogens (tertiary/aromatic N) is 1. The first-order valence-electron chi connectivity index (χ1n) is 9.58. The summed E-state index contributed by atoms with van der Waals surface area (Å²) in [5, 5.41) is 15.7. The lowest BCUT2D eigenvalue weighted by atomic mass is 10.0. The third-order valence-corrected chi connectivity index (χ3v) is 5.86. The summed E-state index contributed by atoms with van der Waals surface area (Å²) >= 11 is 1.39. The zero-order chi connectivity index (χ0) is 20.4. The molecule has 0 radical (unpaired) electrons. The lowest BCUT2D eigenvalue weighted by Gasteiger charge is -2.07. The van der Waals surface area contributed by atoms with Gasteiger partial charge in [0.1, 0.15) is 0 Å². The maximum atomic E-state index is 11.4. The minimum atomic E-state index is -0.856. The van der Waals surface area contributed by atoms with Gasteiger partial charge >= 0.3 is 5.97 Å². The molecular formula is C24H22N2O2S. The van der Waals surface area contributed by atoms with Crippen LogP contribution in [0.1, 0.15) is 30.2 Å². The highest BCUT2D eigenvalue weighted by Gasteiger charge is 2.17. The van der Waals surface area contributed by atoms with Gasteiger partial charge in [0, 0.05) is 21.5 Å². The number of anilines is 2. The molecule has 146 valence electrons. The molecular weight excluding hydrogens is 380 g/mol. The number of carboxylic acids is 1. The van der Waals surface area contributed by atoms with Crippen LogP contribution in [0.5, 0.6) is 0 Å². The van der Waals surface area contributed by atoms with Crippen molar-refractivity contribution < 1.29 is 9.90 Å². The molecule has 0 aliphatic carbocycles. The smallest absolute Gasteiger partial charge is 0.308 e. The third-order valence-electron chi connectivity index (χ3n) is 4.89. The van der Waals surface area contributed by atoms with Crippen LogP contribution in [-0.2, 0) is 11.2 Å². The van der Waals surface area contributed by atoms with Gasteiger partial charge in [-0.15, -0.1) is 11.3 Å². The van der Waals surface area contributed by atoms with Gasteiger partial charge in [-0.05, 0) is 22.9 Å². The Bertz CT molecular complexity index is 1160. The van der Waals surface area contributed by atoms with Crippen molar-refractivity contribution in [3.63, 3.8) is 0 Å².